The molecular formula is C33H34ClFN4O2. The van der Waals surface area contributed by atoms with Gasteiger partial charge in [0.25, 0.3) is 0 Å². The number of piperidine rings is 1. The van der Waals surface area contributed by atoms with Gasteiger partial charge in [0.1, 0.15) is 18.2 Å². The molecule has 6 nitrogen and oxygen atoms in total. The number of pyridine rings is 1. The Morgan fingerprint density at radius 1 is 1.07 bits per heavy atom. The number of hydrogen-bond acceptors (Lipinski definition) is 5. The maximum Gasteiger partial charge on any atom is 0.213 e. The minimum Gasteiger partial charge on any atom is -0.473 e. The molecule has 0 unspecified atom stereocenters. The average molecular weight is 573 g/mol. The predicted molar refractivity (Wildman–Crippen MR) is 158 cm³/mol. The first kappa shape index (κ1) is 27.7. The number of halogens is 2. The lowest BCUT2D eigenvalue weighted by Gasteiger charge is -2.32. The van der Waals surface area contributed by atoms with E-state index in [2.05, 4.69) is 52.5 Å². The fourth-order valence-corrected chi connectivity index (χ4v) is 5.67. The molecule has 212 valence electrons. The zero-order valence-corrected chi connectivity index (χ0v) is 24.0. The van der Waals surface area contributed by atoms with Crippen LogP contribution in [0, 0.1) is 17.7 Å². The van der Waals surface area contributed by atoms with Crippen molar-refractivity contribution in [3.63, 3.8) is 0 Å². The summed E-state index contributed by atoms with van der Waals surface area (Å²) < 4.78 is 28.1. The number of fused-ring (bicyclic) bond motifs is 1. The van der Waals surface area contributed by atoms with Gasteiger partial charge >= 0.3 is 0 Å². The van der Waals surface area contributed by atoms with Crippen LogP contribution < -0.4 is 4.74 Å². The summed E-state index contributed by atoms with van der Waals surface area (Å²) >= 11 is 5.86. The molecule has 4 aromatic rings. The first-order valence-electron chi connectivity index (χ1n) is 14.4. The molecule has 0 aliphatic carbocycles. The van der Waals surface area contributed by atoms with E-state index in [4.69, 9.17) is 31.0 Å². The standard InChI is InChI=1S/C33H34ClFN4O2/c1-2-3-5-23-8-11-30-31(18-23)39(20-27-14-17-40-27)32(36-30)21-38-15-12-24(13-16-38)29-6-4-7-33(37-29)41-22-25-9-10-26(34)19-28(25)35/h4,6-11,18-19,24,27H,2,12-17,20-22H2,1H3/t27-/m0/s1. The van der Waals surface area contributed by atoms with Gasteiger partial charge in [-0.1, -0.05) is 42.5 Å². The van der Waals surface area contributed by atoms with E-state index in [9.17, 15) is 4.39 Å². The van der Waals surface area contributed by atoms with Gasteiger partial charge in [-0.3, -0.25) is 4.90 Å². The maximum absolute atomic E-state index is 14.1. The third kappa shape index (κ3) is 6.56. The molecule has 2 aromatic heterocycles. The molecule has 0 N–H and O–H groups in total. The van der Waals surface area contributed by atoms with Crippen molar-refractivity contribution in [3.05, 3.63) is 88.1 Å². The van der Waals surface area contributed by atoms with Crippen LogP contribution in [0.2, 0.25) is 5.02 Å². The Morgan fingerprint density at radius 2 is 1.93 bits per heavy atom. The fraction of sp³-hybridized carbons (Fsp3) is 0.394. The summed E-state index contributed by atoms with van der Waals surface area (Å²) in [4.78, 5) is 12.3. The predicted octanol–water partition coefficient (Wildman–Crippen LogP) is 6.73. The Bertz CT molecular complexity index is 1580. The van der Waals surface area contributed by atoms with Crippen molar-refractivity contribution in [1.29, 1.82) is 0 Å². The lowest BCUT2D eigenvalue weighted by atomic mass is 9.93. The lowest BCUT2D eigenvalue weighted by molar-refractivity contribution is -0.0592. The van der Waals surface area contributed by atoms with Crippen molar-refractivity contribution >= 4 is 22.6 Å². The monoisotopic (exact) mass is 572 g/mol. The van der Waals surface area contributed by atoms with Gasteiger partial charge in [-0.05, 0) is 68.8 Å². The first-order chi connectivity index (χ1) is 20.1. The fourth-order valence-electron chi connectivity index (χ4n) is 5.51. The van der Waals surface area contributed by atoms with E-state index in [1.807, 2.05) is 12.1 Å². The molecule has 2 aliphatic rings. The smallest absolute Gasteiger partial charge is 0.213 e. The maximum atomic E-state index is 14.1. The number of hydrogen-bond donors (Lipinski definition) is 0. The molecule has 2 aromatic carbocycles. The zero-order valence-electron chi connectivity index (χ0n) is 23.3. The van der Waals surface area contributed by atoms with Gasteiger partial charge in [-0.15, -0.1) is 0 Å². The molecule has 41 heavy (non-hydrogen) atoms. The summed E-state index contributed by atoms with van der Waals surface area (Å²) in [6.45, 7) is 6.56. The van der Waals surface area contributed by atoms with Gasteiger partial charge in [0, 0.05) is 46.9 Å². The molecular weight excluding hydrogens is 539 g/mol. The quantitative estimate of drug-likeness (QED) is 0.219. The van der Waals surface area contributed by atoms with Crippen LogP contribution in [0.25, 0.3) is 11.0 Å². The van der Waals surface area contributed by atoms with Gasteiger partial charge < -0.3 is 14.0 Å². The Balaban J connectivity index is 1.11. The second-order valence-corrected chi connectivity index (χ2v) is 11.2. The Morgan fingerprint density at radius 3 is 2.68 bits per heavy atom. The highest BCUT2D eigenvalue weighted by Crippen LogP contribution is 2.30. The normalized spacial score (nSPS) is 17.7. The summed E-state index contributed by atoms with van der Waals surface area (Å²) in [6.07, 6.45) is 4.18. The van der Waals surface area contributed by atoms with E-state index in [-0.39, 0.29) is 18.5 Å². The minimum absolute atomic E-state index is 0.109. The topological polar surface area (TPSA) is 52.4 Å². The zero-order chi connectivity index (χ0) is 28.2. The van der Waals surface area contributed by atoms with E-state index in [1.165, 1.54) is 6.07 Å². The molecule has 0 saturated carbocycles. The highest BCUT2D eigenvalue weighted by molar-refractivity contribution is 6.30. The number of aromatic nitrogens is 3. The third-order valence-electron chi connectivity index (χ3n) is 7.92. The van der Waals surface area contributed by atoms with Crippen LogP contribution >= 0.6 is 11.6 Å². The van der Waals surface area contributed by atoms with Crippen LogP contribution in [-0.2, 0) is 24.4 Å². The van der Waals surface area contributed by atoms with Crippen LogP contribution in [0.3, 0.4) is 0 Å². The second kappa shape index (κ2) is 12.6. The van der Waals surface area contributed by atoms with E-state index >= 15 is 0 Å². The number of ether oxygens (including phenoxy) is 2. The summed E-state index contributed by atoms with van der Waals surface area (Å²) in [5.74, 6) is 8.01. The number of benzene rings is 2. The average Bonchev–Trinajstić information content (AvgIpc) is 3.29. The van der Waals surface area contributed by atoms with E-state index in [0.717, 1.165) is 86.6 Å². The van der Waals surface area contributed by atoms with Crippen LogP contribution in [0.5, 0.6) is 5.88 Å². The van der Waals surface area contributed by atoms with Gasteiger partial charge in [0.2, 0.25) is 5.88 Å². The third-order valence-corrected chi connectivity index (χ3v) is 8.16. The Labute approximate surface area is 245 Å². The molecule has 0 amide bonds. The van der Waals surface area contributed by atoms with Crippen molar-refractivity contribution in [3.8, 4) is 17.7 Å². The Kier molecular flexibility index (Phi) is 8.52. The molecule has 1 atom stereocenters. The molecule has 8 heteroatoms. The van der Waals surface area contributed by atoms with Crippen molar-refractivity contribution in [2.45, 2.75) is 64.3 Å². The van der Waals surface area contributed by atoms with Crippen LogP contribution in [0.1, 0.15) is 61.2 Å². The molecule has 2 saturated heterocycles. The van der Waals surface area contributed by atoms with E-state index < -0.39 is 0 Å². The highest BCUT2D eigenvalue weighted by Gasteiger charge is 2.26. The van der Waals surface area contributed by atoms with Gasteiger partial charge in [-0.25, -0.2) is 14.4 Å². The van der Waals surface area contributed by atoms with Gasteiger partial charge in [-0.2, -0.15) is 0 Å². The van der Waals surface area contributed by atoms with Crippen LogP contribution in [0.15, 0.2) is 54.6 Å². The summed E-state index contributed by atoms with van der Waals surface area (Å²) in [7, 11) is 0. The second-order valence-electron chi connectivity index (χ2n) is 10.8. The summed E-state index contributed by atoms with van der Waals surface area (Å²) in [6, 6.07) is 16.8. The largest absolute Gasteiger partial charge is 0.473 e. The minimum atomic E-state index is -0.375. The number of rotatable bonds is 8. The number of likely N-dealkylation sites (tertiary alicyclic amines) is 1. The highest BCUT2D eigenvalue weighted by atomic mass is 35.5. The molecule has 0 spiro atoms. The first-order valence-corrected chi connectivity index (χ1v) is 14.8. The van der Waals surface area contributed by atoms with Crippen molar-refractivity contribution in [2.24, 2.45) is 0 Å². The van der Waals surface area contributed by atoms with Crippen LogP contribution in [0.4, 0.5) is 4.39 Å². The number of nitrogens with zero attached hydrogens (tertiary/aromatic N) is 4. The summed E-state index contributed by atoms with van der Waals surface area (Å²) in [5.41, 5.74) is 4.65. The SMILES string of the molecule is CCC#Cc1ccc2nc(CN3CCC(c4cccc(OCc5ccc(Cl)cc5F)n4)CC3)n(C[C@@H]3CCO3)c2c1. The molecule has 0 bridgehead atoms. The summed E-state index contributed by atoms with van der Waals surface area (Å²) in [5, 5.41) is 0.369. The van der Waals surface area contributed by atoms with E-state index in [1.54, 1.807) is 12.1 Å². The number of imidazole rings is 1. The lowest BCUT2D eigenvalue weighted by Crippen LogP contribution is -2.35. The Hall–Kier alpha value is -3.44. The van der Waals surface area contributed by atoms with Crippen molar-refractivity contribution in [2.75, 3.05) is 19.7 Å². The van der Waals surface area contributed by atoms with E-state index in [0.29, 0.717) is 22.4 Å². The molecule has 0 radical (unpaired) electrons. The van der Waals surface area contributed by atoms with Crippen LogP contribution in [-0.4, -0.2) is 45.2 Å². The molecule has 6 rings (SSSR count). The van der Waals surface area contributed by atoms with Gasteiger partial charge in [0.15, 0.2) is 0 Å². The molecule has 2 fully saturated rings. The van der Waals surface area contributed by atoms with Crippen molar-refractivity contribution < 1.29 is 13.9 Å². The molecule has 4 heterocycles. The van der Waals surface area contributed by atoms with Gasteiger partial charge in [0.05, 0.1) is 30.2 Å². The molecule has 2 aliphatic heterocycles. The van der Waals surface area contributed by atoms with Crippen molar-refractivity contribution in [1.82, 2.24) is 19.4 Å².